The number of carbonyl (C=O) groups excluding carboxylic acids is 1. The molecule has 2 N–H and O–H groups in total. The normalized spacial score (nSPS) is 12.3. The third-order valence-corrected chi connectivity index (χ3v) is 3.08. The first kappa shape index (κ1) is 13.1. The Bertz CT molecular complexity index is 585. The zero-order valence-corrected chi connectivity index (χ0v) is 10.9. The molecule has 19 heavy (non-hydrogen) atoms. The van der Waals surface area contributed by atoms with Gasteiger partial charge in [-0.25, -0.2) is 0 Å². The van der Waals surface area contributed by atoms with Crippen molar-refractivity contribution in [3.05, 3.63) is 36.0 Å². The van der Waals surface area contributed by atoms with E-state index in [2.05, 4.69) is 4.98 Å². The second-order valence-corrected chi connectivity index (χ2v) is 4.70. The summed E-state index contributed by atoms with van der Waals surface area (Å²) in [4.78, 5) is 27.4. The molecule has 2 rings (SSSR count). The van der Waals surface area contributed by atoms with Gasteiger partial charge < -0.3 is 15.0 Å². The van der Waals surface area contributed by atoms with Crippen molar-refractivity contribution in [2.45, 2.75) is 6.92 Å². The van der Waals surface area contributed by atoms with Gasteiger partial charge in [0.25, 0.3) is 5.91 Å². The van der Waals surface area contributed by atoms with Gasteiger partial charge >= 0.3 is 5.97 Å². The van der Waals surface area contributed by atoms with Crippen LogP contribution in [0.15, 0.2) is 30.3 Å². The number of hydrogen-bond acceptors (Lipinski definition) is 2. The number of fused-ring (bicyclic) bond motifs is 1. The third-order valence-electron chi connectivity index (χ3n) is 3.08. The van der Waals surface area contributed by atoms with Gasteiger partial charge in [-0.2, -0.15) is 0 Å². The molecule has 0 saturated carbocycles. The molecule has 0 unspecified atom stereocenters. The third kappa shape index (κ3) is 2.76. The number of H-pyrrole nitrogens is 1. The van der Waals surface area contributed by atoms with Crippen LogP contribution in [0.25, 0.3) is 10.9 Å². The second kappa shape index (κ2) is 5.14. The highest BCUT2D eigenvalue weighted by atomic mass is 16.4. The zero-order chi connectivity index (χ0) is 14.0. The average Bonchev–Trinajstić information content (AvgIpc) is 2.81. The summed E-state index contributed by atoms with van der Waals surface area (Å²) in [7, 11) is 1.60. The molecule has 0 fully saturated rings. The van der Waals surface area contributed by atoms with Gasteiger partial charge in [-0.1, -0.05) is 25.1 Å². The molecule has 5 heteroatoms. The molecule has 0 aliphatic rings. The summed E-state index contributed by atoms with van der Waals surface area (Å²) in [6, 6.07) is 9.39. The predicted octanol–water partition coefficient (Wildman–Crippen LogP) is 1.96. The monoisotopic (exact) mass is 260 g/mol. The van der Waals surface area contributed by atoms with Crippen molar-refractivity contribution in [1.29, 1.82) is 0 Å². The van der Waals surface area contributed by atoms with Crippen molar-refractivity contribution in [1.82, 2.24) is 9.88 Å². The standard InChI is InChI=1S/C14H16N2O3/c1-9(14(18)19)8-16(2)13(17)12-7-10-5-3-4-6-11(10)15-12/h3-7,9,15H,8H2,1-2H3,(H,18,19)/t9-/m0/s1. The number of carboxylic acid groups (broad SMARTS) is 1. The summed E-state index contributed by atoms with van der Waals surface area (Å²) < 4.78 is 0. The summed E-state index contributed by atoms with van der Waals surface area (Å²) >= 11 is 0. The lowest BCUT2D eigenvalue weighted by Gasteiger charge is -2.18. The number of aromatic nitrogens is 1. The Balaban J connectivity index is 2.16. The fraction of sp³-hybridized carbons (Fsp3) is 0.286. The van der Waals surface area contributed by atoms with Crippen LogP contribution in [0.5, 0.6) is 0 Å². The summed E-state index contributed by atoms with van der Waals surface area (Å²) in [5, 5.41) is 9.82. The number of amides is 1. The SMILES string of the molecule is C[C@@H](CN(C)C(=O)c1cc2ccccc2[nH]1)C(=O)O. The molecule has 0 aliphatic heterocycles. The minimum absolute atomic E-state index is 0.184. The van der Waals surface area contributed by atoms with Gasteiger partial charge in [0, 0.05) is 24.5 Å². The van der Waals surface area contributed by atoms with Gasteiger partial charge in [0.2, 0.25) is 0 Å². The van der Waals surface area contributed by atoms with E-state index < -0.39 is 11.9 Å². The molecular weight excluding hydrogens is 244 g/mol. The maximum Gasteiger partial charge on any atom is 0.308 e. The van der Waals surface area contributed by atoms with E-state index in [1.807, 2.05) is 24.3 Å². The van der Waals surface area contributed by atoms with Crippen molar-refractivity contribution < 1.29 is 14.7 Å². The van der Waals surface area contributed by atoms with E-state index in [9.17, 15) is 9.59 Å². The summed E-state index contributed by atoms with van der Waals surface area (Å²) in [5.74, 6) is -1.70. The highest BCUT2D eigenvalue weighted by molar-refractivity contribution is 5.98. The molecule has 1 heterocycles. The zero-order valence-electron chi connectivity index (χ0n) is 10.9. The quantitative estimate of drug-likeness (QED) is 0.882. The molecular formula is C14H16N2O3. The number of aliphatic carboxylic acids is 1. The molecule has 100 valence electrons. The first-order valence-electron chi connectivity index (χ1n) is 6.05. The van der Waals surface area contributed by atoms with E-state index in [0.29, 0.717) is 5.69 Å². The molecule has 1 aromatic heterocycles. The van der Waals surface area contributed by atoms with Gasteiger partial charge in [0.15, 0.2) is 0 Å². The molecule has 0 spiro atoms. The maximum absolute atomic E-state index is 12.2. The molecule has 0 saturated heterocycles. The number of para-hydroxylation sites is 1. The van der Waals surface area contributed by atoms with Crippen molar-refractivity contribution in [2.24, 2.45) is 5.92 Å². The molecule has 1 aromatic carbocycles. The Morgan fingerprint density at radius 2 is 2.05 bits per heavy atom. The van der Waals surface area contributed by atoms with Crippen molar-refractivity contribution in [2.75, 3.05) is 13.6 Å². The van der Waals surface area contributed by atoms with Crippen molar-refractivity contribution >= 4 is 22.8 Å². The van der Waals surface area contributed by atoms with E-state index >= 15 is 0 Å². The first-order valence-corrected chi connectivity index (χ1v) is 6.05. The lowest BCUT2D eigenvalue weighted by atomic mass is 10.1. The number of carboxylic acids is 1. The van der Waals surface area contributed by atoms with Crippen LogP contribution in [0, 0.1) is 5.92 Å². The molecule has 0 bridgehead atoms. The second-order valence-electron chi connectivity index (χ2n) is 4.70. The van der Waals surface area contributed by atoms with Crippen LogP contribution in [-0.2, 0) is 4.79 Å². The summed E-state index contributed by atoms with van der Waals surface area (Å²) in [6.45, 7) is 1.76. The number of hydrogen-bond donors (Lipinski definition) is 2. The smallest absolute Gasteiger partial charge is 0.308 e. The van der Waals surface area contributed by atoms with Crippen molar-refractivity contribution in [3.63, 3.8) is 0 Å². The number of nitrogens with one attached hydrogen (secondary N) is 1. The van der Waals surface area contributed by atoms with Gasteiger partial charge in [-0.05, 0) is 12.1 Å². The van der Waals surface area contributed by atoms with Crippen LogP contribution >= 0.6 is 0 Å². The summed E-state index contributed by atoms with van der Waals surface area (Å²) in [5.41, 5.74) is 1.37. The molecule has 0 radical (unpaired) electrons. The van der Waals surface area contributed by atoms with E-state index in [4.69, 9.17) is 5.11 Å². The fourth-order valence-corrected chi connectivity index (χ4v) is 1.97. The highest BCUT2D eigenvalue weighted by Crippen LogP contribution is 2.16. The van der Waals surface area contributed by atoms with Crippen LogP contribution in [0.4, 0.5) is 0 Å². The molecule has 1 atom stereocenters. The van der Waals surface area contributed by atoms with E-state index in [-0.39, 0.29) is 12.5 Å². The Morgan fingerprint density at radius 3 is 2.68 bits per heavy atom. The highest BCUT2D eigenvalue weighted by Gasteiger charge is 2.19. The molecule has 2 aromatic rings. The average molecular weight is 260 g/mol. The number of carbonyl (C=O) groups is 2. The van der Waals surface area contributed by atoms with Crippen LogP contribution < -0.4 is 0 Å². The Labute approximate surface area is 110 Å². The minimum Gasteiger partial charge on any atom is -0.481 e. The van der Waals surface area contributed by atoms with E-state index in [0.717, 1.165) is 10.9 Å². The van der Waals surface area contributed by atoms with Crippen LogP contribution in [0.1, 0.15) is 17.4 Å². The van der Waals surface area contributed by atoms with Crippen LogP contribution in [0.2, 0.25) is 0 Å². The molecule has 0 aliphatic carbocycles. The molecule has 1 amide bonds. The Hall–Kier alpha value is -2.30. The molecule has 5 nitrogen and oxygen atoms in total. The van der Waals surface area contributed by atoms with Gasteiger partial charge in [0.05, 0.1) is 5.92 Å². The lowest BCUT2D eigenvalue weighted by Crippen LogP contribution is -2.33. The van der Waals surface area contributed by atoms with Crippen molar-refractivity contribution in [3.8, 4) is 0 Å². The largest absolute Gasteiger partial charge is 0.481 e. The van der Waals surface area contributed by atoms with Gasteiger partial charge in [-0.3, -0.25) is 9.59 Å². The number of nitrogens with zero attached hydrogens (tertiary/aromatic N) is 1. The lowest BCUT2D eigenvalue weighted by molar-refractivity contribution is -0.141. The Kier molecular flexibility index (Phi) is 3.55. The summed E-state index contributed by atoms with van der Waals surface area (Å²) in [6.07, 6.45) is 0. The number of benzene rings is 1. The number of rotatable bonds is 4. The Morgan fingerprint density at radius 1 is 1.37 bits per heavy atom. The first-order chi connectivity index (χ1) is 8.99. The minimum atomic E-state index is -0.906. The van der Waals surface area contributed by atoms with E-state index in [1.165, 1.54) is 4.90 Å². The van der Waals surface area contributed by atoms with Gasteiger partial charge in [-0.15, -0.1) is 0 Å². The van der Waals surface area contributed by atoms with Crippen LogP contribution in [0.3, 0.4) is 0 Å². The fourth-order valence-electron chi connectivity index (χ4n) is 1.97. The van der Waals surface area contributed by atoms with Crippen LogP contribution in [-0.4, -0.2) is 40.5 Å². The topological polar surface area (TPSA) is 73.4 Å². The number of aromatic amines is 1. The maximum atomic E-state index is 12.2. The van der Waals surface area contributed by atoms with E-state index in [1.54, 1.807) is 20.0 Å². The predicted molar refractivity (Wildman–Crippen MR) is 72.1 cm³/mol. The van der Waals surface area contributed by atoms with Gasteiger partial charge in [0.1, 0.15) is 5.69 Å².